The molecule has 0 aliphatic carbocycles. The van der Waals surface area contributed by atoms with Gasteiger partial charge < -0.3 is 5.11 Å². The second kappa shape index (κ2) is 6.36. The predicted octanol–water partition coefficient (Wildman–Crippen LogP) is 4.75. The van der Waals surface area contributed by atoms with Crippen molar-refractivity contribution in [3.05, 3.63) is 52.1 Å². The number of rotatable bonds is 4. The summed E-state index contributed by atoms with van der Waals surface area (Å²) in [5, 5.41) is 28.4. The number of hydrogen-bond acceptors (Lipinski definition) is 6. The van der Waals surface area contributed by atoms with Gasteiger partial charge in [0.15, 0.2) is 0 Å². The highest BCUT2D eigenvalue weighted by Gasteiger charge is 2.06. The Bertz CT molecular complexity index is 699. The minimum Gasteiger partial charge on any atom is -0.506 e. The maximum atomic E-state index is 10.6. The van der Waals surface area contributed by atoms with Crippen molar-refractivity contribution in [3.63, 3.8) is 0 Å². The van der Waals surface area contributed by atoms with E-state index in [1.807, 2.05) is 13.2 Å². The zero-order valence-corrected chi connectivity index (χ0v) is 12.3. The third-order valence-electron chi connectivity index (χ3n) is 2.83. The molecule has 0 aliphatic rings. The summed E-state index contributed by atoms with van der Waals surface area (Å²) in [4.78, 5) is 11.1. The Morgan fingerprint density at radius 1 is 1.19 bits per heavy atom. The number of nitro groups is 1. The predicted molar refractivity (Wildman–Crippen MR) is 81.9 cm³/mol. The van der Waals surface area contributed by atoms with E-state index in [4.69, 9.17) is 0 Å². The van der Waals surface area contributed by atoms with Crippen molar-refractivity contribution in [2.24, 2.45) is 10.2 Å². The van der Waals surface area contributed by atoms with E-state index in [-0.39, 0.29) is 11.4 Å². The van der Waals surface area contributed by atoms with Crippen LogP contribution < -0.4 is 0 Å². The van der Waals surface area contributed by atoms with Crippen molar-refractivity contribution in [2.75, 3.05) is 6.26 Å². The summed E-state index contributed by atoms with van der Waals surface area (Å²) >= 11 is 1.56. The molecule has 1 N–H and O–H groups in total. The third kappa shape index (κ3) is 3.57. The Morgan fingerprint density at radius 2 is 1.86 bits per heavy atom. The van der Waals surface area contributed by atoms with Gasteiger partial charge in [0.1, 0.15) is 11.4 Å². The van der Waals surface area contributed by atoms with Gasteiger partial charge in [0.25, 0.3) is 5.69 Å². The van der Waals surface area contributed by atoms with Gasteiger partial charge in [-0.1, -0.05) is 0 Å². The van der Waals surface area contributed by atoms with Crippen LogP contribution in [0.5, 0.6) is 5.75 Å². The summed E-state index contributed by atoms with van der Waals surface area (Å²) in [6.07, 6.45) is 1.94. The summed E-state index contributed by atoms with van der Waals surface area (Å²) in [5.41, 5.74) is 1.81. The van der Waals surface area contributed by atoms with Crippen molar-refractivity contribution in [3.8, 4) is 5.75 Å². The average molecular weight is 303 g/mol. The minimum absolute atomic E-state index is 0.00296. The average Bonchev–Trinajstić information content (AvgIpc) is 2.47. The lowest BCUT2D eigenvalue weighted by Gasteiger charge is -2.05. The fourth-order valence-corrected chi connectivity index (χ4v) is 2.33. The summed E-state index contributed by atoms with van der Waals surface area (Å²) in [6, 6.07) is 9.11. The maximum Gasteiger partial charge on any atom is 0.269 e. The Balaban J connectivity index is 2.26. The van der Waals surface area contributed by atoms with Gasteiger partial charge in [-0.15, -0.1) is 16.9 Å². The van der Waals surface area contributed by atoms with Gasteiger partial charge in [0.2, 0.25) is 0 Å². The molecule has 0 saturated heterocycles. The maximum absolute atomic E-state index is 10.6. The number of benzene rings is 2. The van der Waals surface area contributed by atoms with E-state index in [0.29, 0.717) is 11.4 Å². The van der Waals surface area contributed by atoms with Crippen LogP contribution in [-0.2, 0) is 0 Å². The lowest BCUT2D eigenvalue weighted by molar-refractivity contribution is -0.384. The molecule has 0 radical (unpaired) electrons. The van der Waals surface area contributed by atoms with Crippen LogP contribution in [0.3, 0.4) is 0 Å². The van der Waals surface area contributed by atoms with Crippen LogP contribution >= 0.6 is 11.8 Å². The molecule has 0 amide bonds. The van der Waals surface area contributed by atoms with E-state index >= 15 is 0 Å². The van der Waals surface area contributed by atoms with Crippen LogP contribution in [0, 0.1) is 17.0 Å². The van der Waals surface area contributed by atoms with Crippen LogP contribution in [0.1, 0.15) is 5.56 Å². The number of aryl methyl sites for hydroxylation is 1. The van der Waals surface area contributed by atoms with Crippen LogP contribution in [-0.4, -0.2) is 16.3 Å². The SMILES string of the molecule is CSc1cc(N=Nc2ccc([N+](=O)[O-])cc2)c(O)cc1C. The monoisotopic (exact) mass is 303 g/mol. The molecule has 0 saturated carbocycles. The fourth-order valence-electron chi connectivity index (χ4n) is 1.71. The zero-order valence-electron chi connectivity index (χ0n) is 11.5. The number of phenolic OH excluding ortho intramolecular Hbond substituents is 1. The molecule has 2 rings (SSSR count). The number of aromatic hydroxyl groups is 1. The van der Waals surface area contributed by atoms with E-state index in [0.717, 1.165) is 10.5 Å². The molecular formula is C14H13N3O3S. The molecule has 0 fully saturated rings. The summed E-state index contributed by atoms with van der Waals surface area (Å²) in [6.45, 7) is 1.91. The van der Waals surface area contributed by atoms with Gasteiger partial charge in [-0.05, 0) is 43.0 Å². The summed E-state index contributed by atoms with van der Waals surface area (Å²) in [7, 11) is 0. The van der Waals surface area contributed by atoms with E-state index in [1.165, 1.54) is 24.3 Å². The van der Waals surface area contributed by atoms with E-state index in [2.05, 4.69) is 10.2 Å². The molecule has 0 bridgehead atoms. The molecule has 6 nitrogen and oxygen atoms in total. The molecule has 108 valence electrons. The highest BCUT2D eigenvalue weighted by atomic mass is 32.2. The van der Waals surface area contributed by atoms with Crippen molar-refractivity contribution in [1.29, 1.82) is 0 Å². The van der Waals surface area contributed by atoms with Gasteiger partial charge in [0, 0.05) is 17.0 Å². The Morgan fingerprint density at radius 3 is 2.43 bits per heavy atom. The van der Waals surface area contributed by atoms with Crippen molar-refractivity contribution >= 4 is 28.8 Å². The van der Waals surface area contributed by atoms with Gasteiger partial charge >= 0.3 is 0 Å². The van der Waals surface area contributed by atoms with Crippen molar-refractivity contribution in [1.82, 2.24) is 0 Å². The third-order valence-corrected chi connectivity index (χ3v) is 3.71. The number of nitrogens with zero attached hydrogens (tertiary/aromatic N) is 3. The van der Waals surface area contributed by atoms with Crippen LogP contribution in [0.25, 0.3) is 0 Å². The molecule has 0 spiro atoms. The quantitative estimate of drug-likeness (QED) is 0.382. The first-order valence-corrected chi connectivity index (χ1v) is 7.27. The number of non-ortho nitro benzene ring substituents is 1. The second-order valence-corrected chi connectivity index (χ2v) is 5.13. The first-order chi connectivity index (χ1) is 10.0. The summed E-state index contributed by atoms with van der Waals surface area (Å²) < 4.78 is 0. The molecule has 0 atom stereocenters. The second-order valence-electron chi connectivity index (χ2n) is 4.28. The molecule has 2 aromatic carbocycles. The van der Waals surface area contributed by atoms with Gasteiger partial charge in [-0.2, -0.15) is 5.11 Å². The summed E-state index contributed by atoms with van der Waals surface area (Å²) in [5.74, 6) is 0.0518. The molecule has 0 unspecified atom stereocenters. The lowest BCUT2D eigenvalue weighted by Crippen LogP contribution is -1.85. The first-order valence-electron chi connectivity index (χ1n) is 6.05. The van der Waals surface area contributed by atoms with Gasteiger partial charge in [0.05, 0.1) is 10.6 Å². The minimum atomic E-state index is -0.475. The highest BCUT2D eigenvalue weighted by Crippen LogP contribution is 2.34. The first kappa shape index (κ1) is 15.0. The molecule has 21 heavy (non-hydrogen) atoms. The number of phenols is 1. The highest BCUT2D eigenvalue weighted by molar-refractivity contribution is 7.98. The Labute approximate surface area is 125 Å². The zero-order chi connectivity index (χ0) is 15.4. The molecule has 0 aromatic heterocycles. The largest absolute Gasteiger partial charge is 0.506 e. The standard InChI is InChI=1S/C14H13N3O3S/c1-9-7-13(18)12(8-14(9)21-2)16-15-10-3-5-11(6-4-10)17(19)20/h3-8,18H,1-2H3. The molecule has 2 aromatic rings. The van der Waals surface area contributed by atoms with Crippen molar-refractivity contribution in [2.45, 2.75) is 11.8 Å². The van der Waals surface area contributed by atoms with Gasteiger partial charge in [-0.3, -0.25) is 10.1 Å². The fraction of sp³-hybridized carbons (Fsp3) is 0.143. The van der Waals surface area contributed by atoms with Crippen molar-refractivity contribution < 1.29 is 10.0 Å². The Hall–Kier alpha value is -2.41. The smallest absolute Gasteiger partial charge is 0.269 e. The topological polar surface area (TPSA) is 88.1 Å². The number of hydrogen-bond donors (Lipinski definition) is 1. The number of thioether (sulfide) groups is 1. The van der Waals surface area contributed by atoms with Crippen LogP contribution in [0.2, 0.25) is 0 Å². The van der Waals surface area contributed by atoms with E-state index in [9.17, 15) is 15.2 Å². The van der Waals surface area contributed by atoms with Gasteiger partial charge in [-0.25, -0.2) is 0 Å². The molecule has 0 aliphatic heterocycles. The normalized spacial score (nSPS) is 11.0. The van der Waals surface area contributed by atoms with E-state index in [1.54, 1.807) is 23.9 Å². The Kier molecular flexibility index (Phi) is 4.54. The van der Waals surface area contributed by atoms with Crippen LogP contribution in [0.4, 0.5) is 17.1 Å². The number of nitro benzene ring substituents is 1. The number of azo groups is 1. The molecule has 0 heterocycles. The molecular weight excluding hydrogens is 290 g/mol. The van der Waals surface area contributed by atoms with E-state index < -0.39 is 4.92 Å². The molecule has 7 heteroatoms. The van der Waals surface area contributed by atoms with Crippen LogP contribution in [0.15, 0.2) is 51.5 Å². The lowest BCUT2D eigenvalue weighted by atomic mass is 10.2.